The number of anilines is 2. The van der Waals surface area contributed by atoms with Gasteiger partial charge in [-0.2, -0.15) is 0 Å². The summed E-state index contributed by atoms with van der Waals surface area (Å²) in [6.07, 6.45) is 0. The van der Waals surface area contributed by atoms with E-state index in [-0.39, 0.29) is 16.7 Å². The van der Waals surface area contributed by atoms with Gasteiger partial charge in [0.2, 0.25) is 0 Å². The Morgan fingerprint density at radius 1 is 0.588 bits per heavy atom. The van der Waals surface area contributed by atoms with E-state index in [9.17, 15) is 24.6 Å². The van der Waals surface area contributed by atoms with Gasteiger partial charge in [0.25, 0.3) is 0 Å². The van der Waals surface area contributed by atoms with Crippen LogP contribution in [0.4, 0.5) is 11.5 Å². The summed E-state index contributed by atoms with van der Waals surface area (Å²) >= 11 is 0. The van der Waals surface area contributed by atoms with E-state index in [0.717, 1.165) is 0 Å². The summed E-state index contributed by atoms with van der Waals surface area (Å²) in [7, 11) is 0. The van der Waals surface area contributed by atoms with Crippen molar-refractivity contribution < 1.29 is 29.7 Å². The summed E-state index contributed by atoms with van der Waals surface area (Å²) in [5.74, 6) is -2.90. The Balaban J connectivity index is 1.83. The average Bonchev–Trinajstić information content (AvgIpc) is 2.84. The van der Waals surface area contributed by atoms with Gasteiger partial charge in [0.15, 0.2) is 5.82 Å². The molecule has 168 valence electrons. The van der Waals surface area contributed by atoms with E-state index in [1.807, 2.05) is 0 Å². The number of hydrogen-bond donors (Lipinski definition) is 4. The Kier molecular flexibility index (Phi) is 5.95. The first kappa shape index (κ1) is 22.1. The molecule has 0 aliphatic carbocycles. The van der Waals surface area contributed by atoms with Crippen molar-refractivity contribution in [2.75, 3.05) is 5.32 Å². The molecule has 0 radical (unpaired) electrons. The minimum absolute atomic E-state index is 0.102. The van der Waals surface area contributed by atoms with E-state index in [1.165, 1.54) is 36.4 Å². The highest BCUT2D eigenvalue weighted by atomic mass is 16.4. The lowest BCUT2D eigenvalue weighted by molar-refractivity contribution is 0.0686. The third kappa shape index (κ3) is 4.55. The summed E-state index contributed by atoms with van der Waals surface area (Å²) < 4.78 is 0. The largest absolute Gasteiger partial charge is 0.478 e. The van der Waals surface area contributed by atoms with Crippen LogP contribution in [-0.2, 0) is 0 Å². The topological polar surface area (TPSA) is 163 Å². The number of carboxylic acid groups (broad SMARTS) is 3. The van der Waals surface area contributed by atoms with Gasteiger partial charge in [-0.15, -0.1) is 10.2 Å². The fraction of sp³-hybridized carbons (Fsp3) is 0. The Bertz CT molecular complexity index is 1380. The quantitative estimate of drug-likeness (QED) is 0.319. The molecule has 0 amide bonds. The smallest absolute Gasteiger partial charge is 0.335 e. The molecule has 10 nitrogen and oxygen atoms in total. The molecule has 10 heteroatoms. The average molecular weight is 456 g/mol. The zero-order chi connectivity index (χ0) is 24.2. The van der Waals surface area contributed by atoms with E-state index in [0.29, 0.717) is 33.9 Å². The SMILES string of the molecule is O=C(O)c1ccc(Nc2nnnc(-c3ccc(C(=O)O)cc3)c2-c2ccc(C(=O)O)cc2)cc1. The second kappa shape index (κ2) is 9.17. The molecule has 3 aromatic carbocycles. The van der Waals surface area contributed by atoms with Crippen molar-refractivity contribution in [1.29, 1.82) is 0 Å². The number of carboxylic acids is 3. The van der Waals surface area contributed by atoms with Crippen LogP contribution >= 0.6 is 0 Å². The molecule has 0 bridgehead atoms. The molecule has 4 aromatic rings. The van der Waals surface area contributed by atoms with Crippen LogP contribution in [0.1, 0.15) is 31.1 Å². The van der Waals surface area contributed by atoms with Crippen molar-refractivity contribution in [3.8, 4) is 22.4 Å². The molecule has 4 N–H and O–H groups in total. The highest BCUT2D eigenvalue weighted by molar-refractivity contribution is 5.93. The molecule has 0 spiro atoms. The van der Waals surface area contributed by atoms with Gasteiger partial charge >= 0.3 is 17.9 Å². The molecular weight excluding hydrogens is 440 g/mol. The summed E-state index contributed by atoms with van der Waals surface area (Å²) in [5.41, 5.74) is 2.92. The molecule has 34 heavy (non-hydrogen) atoms. The van der Waals surface area contributed by atoms with Crippen molar-refractivity contribution in [1.82, 2.24) is 15.4 Å². The van der Waals surface area contributed by atoms with Crippen molar-refractivity contribution >= 4 is 29.4 Å². The van der Waals surface area contributed by atoms with Gasteiger partial charge in [-0.05, 0) is 59.3 Å². The summed E-state index contributed by atoms with van der Waals surface area (Å²) in [4.78, 5) is 33.6. The van der Waals surface area contributed by atoms with Crippen LogP contribution in [0.25, 0.3) is 22.4 Å². The number of nitrogens with zero attached hydrogens (tertiary/aromatic N) is 3. The maximum Gasteiger partial charge on any atom is 0.335 e. The van der Waals surface area contributed by atoms with Gasteiger partial charge in [-0.1, -0.05) is 24.3 Å². The number of hydrogen-bond acceptors (Lipinski definition) is 7. The van der Waals surface area contributed by atoms with E-state index < -0.39 is 17.9 Å². The first-order valence-corrected chi connectivity index (χ1v) is 9.84. The Morgan fingerprint density at radius 2 is 1.03 bits per heavy atom. The van der Waals surface area contributed by atoms with Gasteiger partial charge < -0.3 is 20.6 Å². The van der Waals surface area contributed by atoms with Crippen LogP contribution < -0.4 is 5.32 Å². The van der Waals surface area contributed by atoms with Gasteiger partial charge in [0.05, 0.1) is 22.3 Å². The van der Waals surface area contributed by atoms with Crippen molar-refractivity contribution in [2.45, 2.75) is 0 Å². The van der Waals surface area contributed by atoms with Gasteiger partial charge in [0.1, 0.15) is 5.69 Å². The maximum absolute atomic E-state index is 11.3. The minimum Gasteiger partial charge on any atom is -0.478 e. The van der Waals surface area contributed by atoms with Crippen LogP contribution in [0.15, 0.2) is 72.8 Å². The van der Waals surface area contributed by atoms with Crippen molar-refractivity contribution in [2.24, 2.45) is 0 Å². The fourth-order valence-corrected chi connectivity index (χ4v) is 3.27. The molecule has 0 atom stereocenters. The molecule has 1 aromatic heterocycles. The van der Waals surface area contributed by atoms with Crippen LogP contribution in [0, 0.1) is 0 Å². The van der Waals surface area contributed by atoms with Crippen molar-refractivity contribution in [3.05, 3.63) is 89.5 Å². The molecule has 1 heterocycles. The first-order valence-electron chi connectivity index (χ1n) is 9.84. The molecule has 0 aliphatic rings. The van der Waals surface area contributed by atoms with E-state index in [2.05, 4.69) is 20.7 Å². The summed E-state index contributed by atoms with van der Waals surface area (Å²) in [6.45, 7) is 0. The molecule has 0 fully saturated rings. The Labute approximate surface area is 192 Å². The lowest BCUT2D eigenvalue weighted by Crippen LogP contribution is -2.04. The van der Waals surface area contributed by atoms with E-state index >= 15 is 0 Å². The normalized spacial score (nSPS) is 10.5. The van der Waals surface area contributed by atoms with Crippen LogP contribution in [-0.4, -0.2) is 48.6 Å². The number of aromatic nitrogens is 3. The van der Waals surface area contributed by atoms with Crippen LogP contribution in [0.3, 0.4) is 0 Å². The predicted molar refractivity (Wildman–Crippen MR) is 121 cm³/mol. The monoisotopic (exact) mass is 456 g/mol. The van der Waals surface area contributed by atoms with Gasteiger partial charge in [-0.25, -0.2) is 14.4 Å². The number of benzene rings is 3. The van der Waals surface area contributed by atoms with Crippen molar-refractivity contribution in [3.63, 3.8) is 0 Å². The molecule has 0 aliphatic heterocycles. The van der Waals surface area contributed by atoms with Gasteiger partial charge in [-0.3, -0.25) is 0 Å². The molecule has 0 saturated carbocycles. The number of aromatic carboxylic acids is 3. The molecule has 0 saturated heterocycles. The number of nitrogens with one attached hydrogen (secondary N) is 1. The second-order valence-electron chi connectivity index (χ2n) is 7.13. The molecule has 0 unspecified atom stereocenters. The third-order valence-electron chi connectivity index (χ3n) is 4.98. The standard InChI is InChI=1S/C24H16N4O6/c29-22(30)15-5-1-13(2-6-15)19-20(14-3-7-16(8-4-14)23(31)32)26-28-27-21(19)25-18-11-9-17(10-12-18)24(33)34/h1-12H,(H,29,30)(H,31,32)(H,33,34)(H,25,26,27). The zero-order valence-corrected chi connectivity index (χ0v) is 17.3. The second-order valence-corrected chi connectivity index (χ2v) is 7.13. The van der Waals surface area contributed by atoms with E-state index in [4.69, 9.17) is 5.11 Å². The highest BCUT2D eigenvalue weighted by Crippen LogP contribution is 2.36. The first-order chi connectivity index (χ1) is 16.3. The maximum atomic E-state index is 11.3. The lowest BCUT2D eigenvalue weighted by atomic mass is 9.98. The zero-order valence-electron chi connectivity index (χ0n) is 17.3. The Morgan fingerprint density at radius 3 is 1.50 bits per heavy atom. The van der Waals surface area contributed by atoms with Crippen LogP contribution in [0.2, 0.25) is 0 Å². The molecule has 4 rings (SSSR count). The van der Waals surface area contributed by atoms with Gasteiger partial charge in [0, 0.05) is 11.3 Å². The van der Waals surface area contributed by atoms with Crippen LogP contribution in [0.5, 0.6) is 0 Å². The van der Waals surface area contributed by atoms with E-state index in [1.54, 1.807) is 36.4 Å². The minimum atomic E-state index is -1.07. The summed E-state index contributed by atoms with van der Waals surface area (Å²) in [6, 6.07) is 18.2. The highest BCUT2D eigenvalue weighted by Gasteiger charge is 2.18. The molecular formula is C24H16N4O6. The summed E-state index contributed by atoms with van der Waals surface area (Å²) in [5, 5.41) is 42.7. The Hall–Kier alpha value is -5.12. The predicted octanol–water partition coefficient (Wildman–Crippen LogP) is 4.04. The number of carbonyl (C=O) groups is 3. The number of rotatable bonds is 7. The fourth-order valence-electron chi connectivity index (χ4n) is 3.27. The third-order valence-corrected chi connectivity index (χ3v) is 4.98. The lowest BCUT2D eigenvalue weighted by Gasteiger charge is -2.14.